The third-order valence-electron chi connectivity index (χ3n) is 6.60. The SMILES string of the molecule is CC(C)C1C(=O)NCCN1CC1CN(Cc2ccccc2)CCN1Cc1ccccc1. The van der Waals surface area contributed by atoms with Gasteiger partial charge in [-0.05, 0) is 17.0 Å². The minimum Gasteiger partial charge on any atom is -0.353 e. The standard InChI is InChI=1S/C26H36N4O/c1-21(2)25-26(31)27-13-14-30(25)20-24-19-28(17-22-9-5-3-6-10-22)15-16-29(24)18-23-11-7-4-8-12-23/h3-12,21,24-25H,13-20H2,1-2H3,(H,27,31). The smallest absolute Gasteiger partial charge is 0.237 e. The summed E-state index contributed by atoms with van der Waals surface area (Å²) in [4.78, 5) is 20.2. The van der Waals surface area contributed by atoms with Gasteiger partial charge in [-0.1, -0.05) is 74.5 Å². The largest absolute Gasteiger partial charge is 0.353 e. The quantitative estimate of drug-likeness (QED) is 0.748. The van der Waals surface area contributed by atoms with Crippen LogP contribution in [0.25, 0.3) is 0 Å². The highest BCUT2D eigenvalue weighted by Crippen LogP contribution is 2.21. The van der Waals surface area contributed by atoms with E-state index in [0.717, 1.165) is 52.4 Å². The zero-order chi connectivity index (χ0) is 21.6. The summed E-state index contributed by atoms with van der Waals surface area (Å²) in [6, 6.07) is 21.9. The van der Waals surface area contributed by atoms with E-state index in [1.807, 2.05) is 0 Å². The zero-order valence-electron chi connectivity index (χ0n) is 18.9. The third-order valence-corrected chi connectivity index (χ3v) is 6.60. The fourth-order valence-electron chi connectivity index (χ4n) is 5.07. The molecule has 1 N–H and O–H groups in total. The van der Waals surface area contributed by atoms with Crippen LogP contribution in [-0.2, 0) is 17.9 Å². The molecule has 2 aliphatic rings. The molecule has 0 aromatic heterocycles. The normalized spacial score (nSPS) is 23.8. The van der Waals surface area contributed by atoms with Crippen LogP contribution < -0.4 is 5.32 Å². The number of amides is 1. The van der Waals surface area contributed by atoms with Gasteiger partial charge in [-0.3, -0.25) is 19.5 Å². The van der Waals surface area contributed by atoms with Crippen molar-refractivity contribution in [1.29, 1.82) is 0 Å². The molecule has 2 saturated heterocycles. The Hall–Kier alpha value is -2.21. The van der Waals surface area contributed by atoms with Gasteiger partial charge in [0, 0.05) is 58.4 Å². The van der Waals surface area contributed by atoms with Crippen molar-refractivity contribution >= 4 is 5.91 Å². The Morgan fingerprint density at radius 3 is 2.16 bits per heavy atom. The Morgan fingerprint density at radius 2 is 1.52 bits per heavy atom. The van der Waals surface area contributed by atoms with Gasteiger partial charge in [0.2, 0.25) is 5.91 Å². The number of nitrogens with one attached hydrogen (secondary N) is 1. The lowest BCUT2D eigenvalue weighted by atomic mass is 9.98. The van der Waals surface area contributed by atoms with E-state index in [-0.39, 0.29) is 11.9 Å². The number of carbonyl (C=O) groups is 1. The van der Waals surface area contributed by atoms with Gasteiger partial charge in [0.15, 0.2) is 0 Å². The summed E-state index contributed by atoms with van der Waals surface area (Å²) in [5.41, 5.74) is 2.73. The lowest BCUT2D eigenvalue weighted by Crippen LogP contribution is -2.62. The third kappa shape index (κ3) is 5.73. The molecule has 31 heavy (non-hydrogen) atoms. The lowest BCUT2D eigenvalue weighted by Gasteiger charge is -2.46. The molecule has 2 fully saturated rings. The van der Waals surface area contributed by atoms with Crippen LogP contribution in [0.3, 0.4) is 0 Å². The molecule has 2 unspecified atom stereocenters. The lowest BCUT2D eigenvalue weighted by molar-refractivity contribution is -0.131. The van der Waals surface area contributed by atoms with E-state index in [4.69, 9.17) is 0 Å². The van der Waals surface area contributed by atoms with Crippen molar-refractivity contribution in [3.05, 3.63) is 71.8 Å². The van der Waals surface area contributed by atoms with E-state index in [9.17, 15) is 4.79 Å². The summed E-state index contributed by atoms with van der Waals surface area (Å²) in [6.07, 6.45) is 0. The molecule has 0 saturated carbocycles. The Labute approximate surface area is 187 Å². The second-order valence-corrected chi connectivity index (χ2v) is 9.31. The first-order chi connectivity index (χ1) is 15.1. The summed E-state index contributed by atoms with van der Waals surface area (Å²) in [7, 11) is 0. The minimum atomic E-state index is -0.0307. The second kappa shape index (κ2) is 10.4. The van der Waals surface area contributed by atoms with E-state index in [0.29, 0.717) is 12.0 Å². The first kappa shape index (κ1) is 22.0. The second-order valence-electron chi connectivity index (χ2n) is 9.31. The van der Waals surface area contributed by atoms with Crippen molar-refractivity contribution in [2.75, 3.05) is 39.3 Å². The molecule has 5 nitrogen and oxygen atoms in total. The zero-order valence-corrected chi connectivity index (χ0v) is 18.9. The van der Waals surface area contributed by atoms with Crippen molar-refractivity contribution in [3.8, 4) is 0 Å². The number of carbonyl (C=O) groups excluding carboxylic acids is 1. The molecular weight excluding hydrogens is 384 g/mol. The molecule has 5 heteroatoms. The van der Waals surface area contributed by atoms with Gasteiger partial charge < -0.3 is 5.32 Å². The Bertz CT molecular complexity index is 826. The number of rotatable bonds is 7. The topological polar surface area (TPSA) is 38.8 Å². The van der Waals surface area contributed by atoms with Gasteiger partial charge in [-0.15, -0.1) is 0 Å². The minimum absolute atomic E-state index is 0.0307. The highest BCUT2D eigenvalue weighted by molar-refractivity contribution is 5.82. The van der Waals surface area contributed by atoms with Crippen LogP contribution >= 0.6 is 0 Å². The average molecular weight is 421 g/mol. The van der Waals surface area contributed by atoms with Crippen molar-refractivity contribution in [2.45, 2.75) is 39.0 Å². The Morgan fingerprint density at radius 1 is 0.871 bits per heavy atom. The molecule has 4 rings (SSSR count). The summed E-state index contributed by atoms with van der Waals surface area (Å²) in [5.74, 6) is 0.500. The van der Waals surface area contributed by atoms with Gasteiger partial charge in [-0.25, -0.2) is 0 Å². The molecule has 2 aromatic carbocycles. The van der Waals surface area contributed by atoms with Crippen LogP contribution in [0.5, 0.6) is 0 Å². The Kier molecular flexibility index (Phi) is 7.38. The van der Waals surface area contributed by atoms with Crippen LogP contribution in [0.1, 0.15) is 25.0 Å². The van der Waals surface area contributed by atoms with Crippen LogP contribution in [0.2, 0.25) is 0 Å². The molecule has 0 bridgehead atoms. The predicted molar refractivity (Wildman–Crippen MR) is 126 cm³/mol. The van der Waals surface area contributed by atoms with E-state index in [1.165, 1.54) is 11.1 Å². The number of hydrogen-bond acceptors (Lipinski definition) is 4. The van der Waals surface area contributed by atoms with Crippen LogP contribution in [0.4, 0.5) is 0 Å². The summed E-state index contributed by atoms with van der Waals surface area (Å²) < 4.78 is 0. The summed E-state index contributed by atoms with van der Waals surface area (Å²) >= 11 is 0. The van der Waals surface area contributed by atoms with Crippen LogP contribution in [0.15, 0.2) is 60.7 Å². The summed E-state index contributed by atoms with van der Waals surface area (Å²) in [5, 5.41) is 3.07. The highest BCUT2D eigenvalue weighted by Gasteiger charge is 2.36. The highest BCUT2D eigenvalue weighted by atomic mass is 16.2. The molecule has 1 amide bonds. The molecule has 0 radical (unpaired) electrons. The molecule has 2 aliphatic heterocycles. The van der Waals surface area contributed by atoms with Crippen molar-refractivity contribution < 1.29 is 4.79 Å². The summed E-state index contributed by atoms with van der Waals surface area (Å²) in [6.45, 7) is 12.1. The van der Waals surface area contributed by atoms with Gasteiger partial charge in [-0.2, -0.15) is 0 Å². The maximum absolute atomic E-state index is 12.6. The number of nitrogens with zero attached hydrogens (tertiary/aromatic N) is 3. The maximum atomic E-state index is 12.6. The van der Waals surface area contributed by atoms with Crippen LogP contribution in [0, 0.1) is 5.92 Å². The number of piperazine rings is 2. The van der Waals surface area contributed by atoms with E-state index < -0.39 is 0 Å². The van der Waals surface area contributed by atoms with Crippen molar-refractivity contribution in [2.24, 2.45) is 5.92 Å². The molecule has 166 valence electrons. The van der Waals surface area contributed by atoms with E-state index in [1.54, 1.807) is 0 Å². The van der Waals surface area contributed by atoms with Crippen LogP contribution in [-0.4, -0.2) is 72.0 Å². The monoisotopic (exact) mass is 420 g/mol. The Balaban J connectivity index is 1.49. The van der Waals surface area contributed by atoms with E-state index in [2.05, 4.69) is 94.5 Å². The van der Waals surface area contributed by atoms with Crippen molar-refractivity contribution in [1.82, 2.24) is 20.0 Å². The van der Waals surface area contributed by atoms with Gasteiger partial charge in [0.1, 0.15) is 0 Å². The van der Waals surface area contributed by atoms with Gasteiger partial charge in [0.05, 0.1) is 6.04 Å². The first-order valence-corrected chi connectivity index (χ1v) is 11.7. The first-order valence-electron chi connectivity index (χ1n) is 11.7. The maximum Gasteiger partial charge on any atom is 0.237 e. The number of hydrogen-bond donors (Lipinski definition) is 1. The molecule has 2 heterocycles. The fourth-order valence-corrected chi connectivity index (χ4v) is 5.07. The molecule has 2 aromatic rings. The molecular formula is C26H36N4O. The molecule has 0 spiro atoms. The number of benzene rings is 2. The molecule has 2 atom stereocenters. The molecule has 0 aliphatic carbocycles. The van der Waals surface area contributed by atoms with E-state index >= 15 is 0 Å². The van der Waals surface area contributed by atoms with Crippen molar-refractivity contribution in [3.63, 3.8) is 0 Å². The van der Waals surface area contributed by atoms with Gasteiger partial charge in [0.25, 0.3) is 0 Å². The van der Waals surface area contributed by atoms with Gasteiger partial charge >= 0.3 is 0 Å². The average Bonchev–Trinajstić information content (AvgIpc) is 2.77. The predicted octanol–water partition coefficient (Wildman–Crippen LogP) is 2.83. The fraction of sp³-hybridized carbons (Fsp3) is 0.500.